The van der Waals surface area contributed by atoms with Crippen LogP contribution in [0.1, 0.15) is 63.1 Å². The van der Waals surface area contributed by atoms with Crippen LogP contribution in [0.2, 0.25) is 15.1 Å². The molecule has 2 amide bonds. The zero-order chi connectivity index (χ0) is 26.5. The maximum atomic E-state index is 12.1. The van der Waals surface area contributed by atoms with Crippen LogP contribution < -0.4 is 5.73 Å². The van der Waals surface area contributed by atoms with E-state index in [0.29, 0.717) is 41.2 Å². The Morgan fingerprint density at radius 1 is 0.917 bits per heavy atom. The van der Waals surface area contributed by atoms with E-state index in [0.717, 1.165) is 44.3 Å². The number of rotatable bonds is 15. The van der Waals surface area contributed by atoms with Gasteiger partial charge >= 0.3 is 12.0 Å². The van der Waals surface area contributed by atoms with Crippen LogP contribution in [0.25, 0.3) is 0 Å². The van der Waals surface area contributed by atoms with Crippen LogP contribution in [0.15, 0.2) is 42.5 Å². The molecule has 0 fully saturated rings. The summed E-state index contributed by atoms with van der Waals surface area (Å²) >= 11 is 18.4. The second-order valence-corrected chi connectivity index (χ2v) is 10.0. The van der Waals surface area contributed by atoms with Gasteiger partial charge in [-0.1, -0.05) is 59.4 Å². The van der Waals surface area contributed by atoms with Gasteiger partial charge in [-0.25, -0.2) is 4.79 Å². The summed E-state index contributed by atoms with van der Waals surface area (Å²) in [6.45, 7) is 6.87. The maximum absolute atomic E-state index is 12.1. The van der Waals surface area contributed by atoms with E-state index >= 15 is 0 Å². The highest BCUT2D eigenvalue weighted by Crippen LogP contribution is 2.24. The number of nitrogens with two attached hydrogens (primary N) is 1. The lowest BCUT2D eigenvalue weighted by Crippen LogP contribution is -2.38. The fraction of sp³-hybridized carbons (Fsp3) is 0.481. The predicted molar refractivity (Wildman–Crippen MR) is 148 cm³/mol. The highest BCUT2D eigenvalue weighted by molar-refractivity contribution is 6.35. The van der Waals surface area contributed by atoms with Crippen molar-refractivity contribution in [3.63, 3.8) is 0 Å². The van der Waals surface area contributed by atoms with Gasteiger partial charge in [-0.05, 0) is 75.0 Å². The number of ether oxygens (including phenoxy) is 1. The summed E-state index contributed by atoms with van der Waals surface area (Å²) in [6.07, 6.45) is 3.89. The Morgan fingerprint density at radius 3 is 2.22 bits per heavy atom. The molecule has 0 aliphatic rings. The SMILES string of the molecule is CCOC(=O)CCCCCN(CCCN(Cc1ccc(Cl)cc1Cl)C(N)=O)C(C)c1ccc(Cl)cc1. The molecule has 1 atom stereocenters. The van der Waals surface area contributed by atoms with Crippen molar-refractivity contribution >= 4 is 46.8 Å². The molecule has 36 heavy (non-hydrogen) atoms. The van der Waals surface area contributed by atoms with Gasteiger partial charge in [-0.2, -0.15) is 0 Å². The monoisotopic (exact) mass is 555 g/mol. The van der Waals surface area contributed by atoms with Crippen molar-refractivity contribution < 1.29 is 14.3 Å². The zero-order valence-electron chi connectivity index (χ0n) is 21.0. The summed E-state index contributed by atoms with van der Waals surface area (Å²) in [6, 6.07) is 12.8. The largest absolute Gasteiger partial charge is 0.466 e. The van der Waals surface area contributed by atoms with E-state index in [9.17, 15) is 9.59 Å². The summed E-state index contributed by atoms with van der Waals surface area (Å²) in [5.74, 6) is -0.142. The summed E-state index contributed by atoms with van der Waals surface area (Å²) in [5.41, 5.74) is 7.63. The van der Waals surface area contributed by atoms with Gasteiger partial charge in [-0.3, -0.25) is 9.69 Å². The maximum Gasteiger partial charge on any atom is 0.315 e. The predicted octanol–water partition coefficient (Wildman–Crippen LogP) is 7.10. The average molecular weight is 557 g/mol. The molecule has 2 aromatic rings. The van der Waals surface area contributed by atoms with Crippen LogP contribution >= 0.6 is 34.8 Å². The van der Waals surface area contributed by atoms with E-state index < -0.39 is 6.03 Å². The van der Waals surface area contributed by atoms with Gasteiger partial charge < -0.3 is 15.4 Å². The Morgan fingerprint density at radius 2 is 1.58 bits per heavy atom. The molecule has 0 radical (unpaired) electrons. The third kappa shape index (κ3) is 10.6. The van der Waals surface area contributed by atoms with Gasteiger partial charge in [0.1, 0.15) is 0 Å². The molecule has 9 heteroatoms. The van der Waals surface area contributed by atoms with Gasteiger partial charge in [0.15, 0.2) is 0 Å². The van der Waals surface area contributed by atoms with Crippen LogP contribution in [0.5, 0.6) is 0 Å². The molecule has 2 aromatic carbocycles. The Balaban J connectivity index is 1.97. The van der Waals surface area contributed by atoms with Gasteiger partial charge in [0.2, 0.25) is 0 Å². The molecule has 0 aliphatic heterocycles. The minimum Gasteiger partial charge on any atom is -0.466 e. The summed E-state index contributed by atoms with van der Waals surface area (Å²) in [5, 5.41) is 1.76. The van der Waals surface area contributed by atoms with E-state index in [-0.39, 0.29) is 12.0 Å². The number of carbonyl (C=O) groups is 2. The molecule has 2 rings (SSSR count). The number of amides is 2. The van der Waals surface area contributed by atoms with Crippen LogP contribution in [0.4, 0.5) is 4.79 Å². The number of unbranched alkanes of at least 4 members (excludes halogenated alkanes) is 2. The third-order valence-corrected chi connectivity index (χ3v) is 6.93. The minimum atomic E-state index is -0.489. The molecule has 198 valence electrons. The standard InChI is InChI=1S/C27H36Cl3N3O3/c1-3-36-26(34)8-5-4-6-15-32(20(2)21-9-12-23(28)13-10-21)16-7-17-33(27(31)35)19-22-11-14-24(29)18-25(22)30/h9-14,18,20H,3-8,15-17,19H2,1-2H3,(H2,31,35). The molecule has 0 saturated heterocycles. The average Bonchev–Trinajstić information content (AvgIpc) is 2.83. The fourth-order valence-corrected chi connectivity index (χ4v) is 4.63. The van der Waals surface area contributed by atoms with Gasteiger partial charge in [0.25, 0.3) is 0 Å². The summed E-state index contributed by atoms with van der Waals surface area (Å²) < 4.78 is 5.01. The van der Waals surface area contributed by atoms with E-state index in [2.05, 4.69) is 11.8 Å². The quantitative estimate of drug-likeness (QED) is 0.187. The van der Waals surface area contributed by atoms with Crippen molar-refractivity contribution in [2.24, 2.45) is 5.73 Å². The van der Waals surface area contributed by atoms with Gasteiger partial charge in [0, 0.05) is 47.2 Å². The van der Waals surface area contributed by atoms with Gasteiger partial charge in [0.05, 0.1) is 6.61 Å². The Labute approximate surface area is 229 Å². The molecule has 6 nitrogen and oxygen atoms in total. The molecule has 0 saturated carbocycles. The van der Waals surface area contributed by atoms with E-state index in [1.807, 2.05) is 37.3 Å². The van der Waals surface area contributed by atoms with E-state index in [1.54, 1.807) is 17.0 Å². The van der Waals surface area contributed by atoms with Crippen LogP contribution in [-0.4, -0.2) is 48.0 Å². The van der Waals surface area contributed by atoms with Crippen LogP contribution in [0.3, 0.4) is 0 Å². The number of nitrogens with zero attached hydrogens (tertiary/aromatic N) is 2. The topological polar surface area (TPSA) is 75.9 Å². The van der Waals surface area contributed by atoms with Crippen molar-refractivity contribution in [2.45, 2.75) is 58.5 Å². The molecule has 0 aliphatic carbocycles. The number of urea groups is 1. The smallest absolute Gasteiger partial charge is 0.315 e. The number of halogens is 3. The number of hydrogen-bond donors (Lipinski definition) is 1. The first-order chi connectivity index (χ1) is 17.2. The Kier molecular flexibility index (Phi) is 13.4. The first kappa shape index (κ1) is 30.2. The fourth-order valence-electron chi connectivity index (χ4n) is 4.03. The highest BCUT2D eigenvalue weighted by atomic mass is 35.5. The Hall–Kier alpha value is -1.99. The van der Waals surface area contributed by atoms with Crippen molar-refractivity contribution in [1.82, 2.24) is 9.80 Å². The Bertz CT molecular complexity index is 972. The molecular weight excluding hydrogens is 521 g/mol. The van der Waals surface area contributed by atoms with E-state index in [4.69, 9.17) is 45.3 Å². The lowest BCUT2D eigenvalue weighted by atomic mass is 10.1. The normalized spacial score (nSPS) is 11.9. The highest BCUT2D eigenvalue weighted by Gasteiger charge is 2.18. The van der Waals surface area contributed by atoms with Crippen molar-refractivity contribution in [2.75, 3.05) is 26.2 Å². The number of benzene rings is 2. The lowest BCUT2D eigenvalue weighted by molar-refractivity contribution is -0.143. The molecule has 0 aromatic heterocycles. The van der Waals surface area contributed by atoms with Crippen molar-refractivity contribution in [3.05, 3.63) is 68.7 Å². The zero-order valence-corrected chi connectivity index (χ0v) is 23.3. The third-order valence-electron chi connectivity index (χ3n) is 6.09. The molecular formula is C27H36Cl3N3O3. The van der Waals surface area contributed by atoms with Crippen LogP contribution in [-0.2, 0) is 16.1 Å². The first-order valence-electron chi connectivity index (χ1n) is 12.3. The number of esters is 1. The van der Waals surface area contributed by atoms with Crippen molar-refractivity contribution in [1.29, 1.82) is 0 Å². The number of carbonyl (C=O) groups excluding carboxylic acids is 2. The first-order valence-corrected chi connectivity index (χ1v) is 13.5. The molecule has 2 N–H and O–H groups in total. The summed E-state index contributed by atoms with van der Waals surface area (Å²) in [7, 11) is 0. The molecule has 0 heterocycles. The van der Waals surface area contributed by atoms with Gasteiger partial charge in [-0.15, -0.1) is 0 Å². The molecule has 0 bridgehead atoms. The second kappa shape index (κ2) is 16.0. The number of primary amides is 1. The second-order valence-electron chi connectivity index (χ2n) is 8.73. The van der Waals surface area contributed by atoms with E-state index in [1.165, 1.54) is 5.56 Å². The lowest BCUT2D eigenvalue weighted by Gasteiger charge is -2.31. The summed E-state index contributed by atoms with van der Waals surface area (Å²) in [4.78, 5) is 27.7. The van der Waals surface area contributed by atoms with Crippen LogP contribution in [0, 0.1) is 0 Å². The molecule has 1 unspecified atom stereocenters. The minimum absolute atomic E-state index is 0.142. The number of hydrogen-bond acceptors (Lipinski definition) is 4. The van der Waals surface area contributed by atoms with Crippen molar-refractivity contribution in [3.8, 4) is 0 Å². The molecule has 0 spiro atoms.